The Morgan fingerprint density at radius 1 is 1.10 bits per heavy atom. The third kappa shape index (κ3) is 5.06. The van der Waals surface area contributed by atoms with E-state index in [2.05, 4.69) is 5.32 Å². The molecule has 2 amide bonds. The van der Waals surface area contributed by atoms with Crippen LogP contribution in [-0.4, -0.2) is 64.3 Å². The number of rotatable bonds is 9. The molecule has 3 rings (SSSR count). The Balaban J connectivity index is 1.81. The second-order valence-corrected chi connectivity index (χ2v) is 8.18. The first kappa shape index (κ1) is 22.4. The number of hydrogen-bond donors (Lipinski definition) is 1. The van der Waals surface area contributed by atoms with E-state index >= 15 is 0 Å². The van der Waals surface area contributed by atoms with Crippen LogP contribution in [0.25, 0.3) is 0 Å². The van der Waals surface area contributed by atoms with E-state index in [4.69, 9.17) is 14.2 Å². The van der Waals surface area contributed by atoms with Crippen LogP contribution in [0.3, 0.4) is 0 Å². The van der Waals surface area contributed by atoms with Crippen LogP contribution in [0.2, 0.25) is 0 Å². The van der Waals surface area contributed by atoms with Crippen molar-refractivity contribution < 1.29 is 23.8 Å². The van der Waals surface area contributed by atoms with Crippen molar-refractivity contribution in [2.75, 3.05) is 47.6 Å². The zero-order chi connectivity index (χ0) is 21.5. The van der Waals surface area contributed by atoms with Crippen LogP contribution in [-0.2, 0) is 14.3 Å². The topological polar surface area (TPSA) is 77.1 Å². The summed E-state index contributed by atoms with van der Waals surface area (Å²) in [4.78, 5) is 28.0. The summed E-state index contributed by atoms with van der Waals surface area (Å²) in [7, 11) is 4.88. The summed E-state index contributed by atoms with van der Waals surface area (Å²) in [5, 5.41) is 3.03. The standard InChI is InChI=1S/C23H34N2O5/c1-28-12-6-11-24-22(26)20-15-25(23(27)16-7-4-5-8-16)14-19(20)18-10-9-17(29-2)13-21(18)30-3/h9-10,13,16,19-20H,4-8,11-12,14-15H2,1-3H3,(H,24,26)/t19-,20-/m1/s1. The monoisotopic (exact) mass is 418 g/mol. The second-order valence-electron chi connectivity index (χ2n) is 8.18. The van der Waals surface area contributed by atoms with Crippen molar-refractivity contribution in [3.8, 4) is 11.5 Å². The molecular weight excluding hydrogens is 384 g/mol. The van der Waals surface area contributed by atoms with E-state index in [-0.39, 0.29) is 29.6 Å². The number of amides is 2. The van der Waals surface area contributed by atoms with Crippen LogP contribution < -0.4 is 14.8 Å². The van der Waals surface area contributed by atoms with Gasteiger partial charge in [0, 0.05) is 56.8 Å². The molecule has 166 valence electrons. The smallest absolute Gasteiger partial charge is 0.225 e. The highest BCUT2D eigenvalue weighted by atomic mass is 16.5. The highest BCUT2D eigenvalue weighted by Gasteiger charge is 2.43. The molecule has 1 aliphatic carbocycles. The van der Waals surface area contributed by atoms with Crippen molar-refractivity contribution in [2.45, 2.75) is 38.0 Å². The van der Waals surface area contributed by atoms with Gasteiger partial charge in [-0.1, -0.05) is 18.9 Å². The first-order valence-corrected chi connectivity index (χ1v) is 10.9. The average Bonchev–Trinajstić information content (AvgIpc) is 3.46. The number of benzene rings is 1. The van der Waals surface area contributed by atoms with Crippen molar-refractivity contribution >= 4 is 11.8 Å². The molecule has 7 nitrogen and oxygen atoms in total. The van der Waals surface area contributed by atoms with E-state index < -0.39 is 0 Å². The number of likely N-dealkylation sites (tertiary alicyclic amines) is 1. The van der Waals surface area contributed by atoms with E-state index in [0.29, 0.717) is 37.7 Å². The molecule has 0 aromatic heterocycles. The first-order valence-electron chi connectivity index (χ1n) is 10.9. The maximum atomic E-state index is 13.1. The lowest BCUT2D eigenvalue weighted by atomic mass is 9.87. The lowest BCUT2D eigenvalue weighted by molar-refractivity contribution is -0.134. The minimum Gasteiger partial charge on any atom is -0.497 e. The van der Waals surface area contributed by atoms with Gasteiger partial charge in [-0.25, -0.2) is 0 Å². The number of nitrogens with one attached hydrogen (secondary N) is 1. The molecule has 2 atom stereocenters. The van der Waals surface area contributed by atoms with E-state index in [1.54, 1.807) is 21.3 Å². The van der Waals surface area contributed by atoms with Crippen LogP contribution in [0.5, 0.6) is 11.5 Å². The number of ether oxygens (including phenoxy) is 3. The molecule has 2 aliphatic rings. The van der Waals surface area contributed by atoms with Gasteiger partial charge in [0.1, 0.15) is 11.5 Å². The summed E-state index contributed by atoms with van der Waals surface area (Å²) in [6.45, 7) is 2.15. The molecule has 7 heteroatoms. The Hall–Kier alpha value is -2.28. The van der Waals surface area contributed by atoms with Crippen molar-refractivity contribution in [3.63, 3.8) is 0 Å². The Kier molecular flexibility index (Phi) is 7.96. The quantitative estimate of drug-likeness (QED) is 0.624. The predicted octanol–water partition coefficient (Wildman–Crippen LogP) is 2.59. The maximum absolute atomic E-state index is 13.1. The molecule has 0 bridgehead atoms. The number of carbonyl (C=O) groups is 2. The molecule has 1 heterocycles. The van der Waals surface area contributed by atoms with Crippen LogP contribution in [0.1, 0.15) is 43.6 Å². The fourth-order valence-electron chi connectivity index (χ4n) is 4.68. The van der Waals surface area contributed by atoms with Gasteiger partial charge < -0.3 is 24.4 Å². The minimum atomic E-state index is -0.305. The third-order valence-corrected chi connectivity index (χ3v) is 6.34. The van der Waals surface area contributed by atoms with Crippen molar-refractivity contribution in [1.82, 2.24) is 10.2 Å². The maximum Gasteiger partial charge on any atom is 0.225 e. The molecule has 1 saturated heterocycles. The fourth-order valence-corrected chi connectivity index (χ4v) is 4.68. The Morgan fingerprint density at radius 2 is 1.87 bits per heavy atom. The van der Waals surface area contributed by atoms with E-state index in [9.17, 15) is 9.59 Å². The Morgan fingerprint density at radius 3 is 2.53 bits per heavy atom. The van der Waals surface area contributed by atoms with Gasteiger partial charge in [0.2, 0.25) is 11.8 Å². The molecule has 30 heavy (non-hydrogen) atoms. The molecule has 1 aromatic carbocycles. The summed E-state index contributed by atoms with van der Waals surface area (Å²) in [5.74, 6) is 1.25. The Bertz CT molecular complexity index is 732. The number of carbonyl (C=O) groups excluding carboxylic acids is 2. The molecule has 1 N–H and O–H groups in total. The lowest BCUT2D eigenvalue weighted by Crippen LogP contribution is -2.37. The largest absolute Gasteiger partial charge is 0.497 e. The average molecular weight is 419 g/mol. The Labute approximate surface area is 179 Å². The zero-order valence-corrected chi connectivity index (χ0v) is 18.3. The third-order valence-electron chi connectivity index (χ3n) is 6.34. The van der Waals surface area contributed by atoms with Gasteiger partial charge in [-0.05, 0) is 25.3 Å². The SMILES string of the molecule is COCCCNC(=O)[C@@H]1CN(C(=O)C2CCCC2)C[C@@H]1c1ccc(OC)cc1OC. The van der Waals surface area contributed by atoms with Gasteiger partial charge in [0.05, 0.1) is 20.1 Å². The number of nitrogens with zero attached hydrogens (tertiary/aromatic N) is 1. The molecule has 2 fully saturated rings. The summed E-state index contributed by atoms with van der Waals surface area (Å²) < 4.78 is 16.0. The van der Waals surface area contributed by atoms with Gasteiger partial charge in [-0.15, -0.1) is 0 Å². The zero-order valence-electron chi connectivity index (χ0n) is 18.3. The van der Waals surface area contributed by atoms with Gasteiger partial charge in [0.25, 0.3) is 0 Å². The molecule has 1 saturated carbocycles. The molecular formula is C23H34N2O5. The van der Waals surface area contributed by atoms with Gasteiger partial charge in [0.15, 0.2) is 0 Å². The summed E-state index contributed by atoms with van der Waals surface area (Å²) in [5.41, 5.74) is 0.942. The molecule has 0 spiro atoms. The van der Waals surface area contributed by atoms with E-state index in [1.165, 1.54) is 0 Å². The lowest BCUT2D eigenvalue weighted by Gasteiger charge is -2.21. The summed E-state index contributed by atoms with van der Waals surface area (Å²) in [6, 6.07) is 5.67. The van der Waals surface area contributed by atoms with Gasteiger partial charge in [-0.3, -0.25) is 9.59 Å². The molecule has 1 aliphatic heterocycles. The molecule has 0 unspecified atom stereocenters. The van der Waals surface area contributed by atoms with Crippen LogP contribution >= 0.6 is 0 Å². The number of hydrogen-bond acceptors (Lipinski definition) is 5. The van der Waals surface area contributed by atoms with E-state index in [0.717, 1.165) is 37.7 Å². The first-order chi connectivity index (χ1) is 14.6. The highest BCUT2D eigenvalue weighted by Crippen LogP contribution is 2.40. The van der Waals surface area contributed by atoms with Crippen LogP contribution in [0, 0.1) is 11.8 Å². The second kappa shape index (κ2) is 10.7. The molecule has 0 radical (unpaired) electrons. The van der Waals surface area contributed by atoms with Crippen LogP contribution in [0.15, 0.2) is 18.2 Å². The van der Waals surface area contributed by atoms with Gasteiger partial charge >= 0.3 is 0 Å². The highest BCUT2D eigenvalue weighted by molar-refractivity contribution is 5.84. The van der Waals surface area contributed by atoms with E-state index in [1.807, 2.05) is 23.1 Å². The van der Waals surface area contributed by atoms with Crippen LogP contribution in [0.4, 0.5) is 0 Å². The number of methoxy groups -OCH3 is 3. The van der Waals surface area contributed by atoms with Crippen molar-refractivity contribution in [3.05, 3.63) is 23.8 Å². The van der Waals surface area contributed by atoms with Crippen molar-refractivity contribution in [1.29, 1.82) is 0 Å². The normalized spacial score (nSPS) is 21.6. The summed E-state index contributed by atoms with van der Waals surface area (Å²) in [6.07, 6.45) is 4.91. The molecule has 1 aromatic rings. The van der Waals surface area contributed by atoms with Crippen molar-refractivity contribution in [2.24, 2.45) is 11.8 Å². The predicted molar refractivity (Wildman–Crippen MR) is 114 cm³/mol. The fraction of sp³-hybridized carbons (Fsp3) is 0.652. The minimum absolute atomic E-state index is 0.0179. The summed E-state index contributed by atoms with van der Waals surface area (Å²) >= 11 is 0. The van der Waals surface area contributed by atoms with Gasteiger partial charge in [-0.2, -0.15) is 0 Å².